The predicted molar refractivity (Wildman–Crippen MR) is 82.4 cm³/mol. The number of piperidine rings is 1. The van der Waals surface area contributed by atoms with Gasteiger partial charge in [-0.05, 0) is 43.4 Å². The van der Waals surface area contributed by atoms with Crippen LogP contribution in [0.15, 0.2) is 24.3 Å². The highest BCUT2D eigenvalue weighted by Gasteiger charge is 2.25. The van der Waals surface area contributed by atoms with Gasteiger partial charge in [0.1, 0.15) is 5.75 Å². The highest BCUT2D eigenvalue weighted by Crippen LogP contribution is 2.29. The van der Waals surface area contributed by atoms with Crippen molar-refractivity contribution < 1.29 is 9.53 Å². The number of rotatable bonds is 3. The van der Waals surface area contributed by atoms with Crippen LogP contribution < -0.4 is 10.5 Å². The first kappa shape index (κ1) is 16.8. The Kier molecular flexibility index (Phi) is 6.30. The smallest absolute Gasteiger partial charge is 0.239 e. The summed E-state index contributed by atoms with van der Waals surface area (Å²) in [6.07, 6.45) is 2.01. The summed E-state index contributed by atoms with van der Waals surface area (Å²) < 4.78 is 5.16. The molecule has 112 valence electrons. The van der Waals surface area contributed by atoms with E-state index in [2.05, 4.69) is 12.1 Å². The zero-order chi connectivity index (χ0) is 13.8. The molecule has 1 aromatic rings. The van der Waals surface area contributed by atoms with E-state index in [1.165, 1.54) is 5.56 Å². The Morgan fingerprint density at radius 3 is 2.30 bits per heavy atom. The van der Waals surface area contributed by atoms with Gasteiger partial charge in [-0.15, -0.1) is 12.4 Å². The third-order valence-corrected chi connectivity index (χ3v) is 3.78. The minimum Gasteiger partial charge on any atom is -0.497 e. The first-order valence-corrected chi connectivity index (χ1v) is 6.80. The third kappa shape index (κ3) is 3.87. The van der Waals surface area contributed by atoms with Crippen molar-refractivity contribution in [2.24, 2.45) is 5.73 Å². The zero-order valence-electron chi connectivity index (χ0n) is 12.0. The monoisotopic (exact) mass is 298 g/mol. The summed E-state index contributed by atoms with van der Waals surface area (Å²) >= 11 is 0. The van der Waals surface area contributed by atoms with Crippen LogP contribution in [-0.4, -0.2) is 37.0 Å². The number of benzene rings is 1. The summed E-state index contributed by atoms with van der Waals surface area (Å²) in [5, 5.41) is 0. The first-order chi connectivity index (χ1) is 9.11. The summed E-state index contributed by atoms with van der Waals surface area (Å²) in [5.41, 5.74) is 6.97. The van der Waals surface area contributed by atoms with Crippen LogP contribution >= 0.6 is 12.4 Å². The van der Waals surface area contributed by atoms with Crippen LogP contribution in [0.2, 0.25) is 0 Å². The molecule has 0 saturated carbocycles. The molecule has 1 atom stereocenters. The predicted octanol–water partition coefficient (Wildman–Crippen LogP) is 2.17. The van der Waals surface area contributed by atoms with Crippen molar-refractivity contribution in [1.82, 2.24) is 4.90 Å². The van der Waals surface area contributed by atoms with E-state index in [4.69, 9.17) is 10.5 Å². The van der Waals surface area contributed by atoms with E-state index < -0.39 is 6.04 Å². The summed E-state index contributed by atoms with van der Waals surface area (Å²) in [6, 6.07) is 7.83. The fraction of sp³-hybridized carbons (Fsp3) is 0.533. The van der Waals surface area contributed by atoms with E-state index in [1.807, 2.05) is 17.0 Å². The van der Waals surface area contributed by atoms with E-state index in [0.717, 1.165) is 31.7 Å². The van der Waals surface area contributed by atoms with Gasteiger partial charge in [0.15, 0.2) is 0 Å². The molecule has 0 radical (unpaired) electrons. The van der Waals surface area contributed by atoms with E-state index in [9.17, 15) is 4.79 Å². The quantitative estimate of drug-likeness (QED) is 0.930. The normalized spacial score (nSPS) is 17.2. The Labute approximate surface area is 126 Å². The summed E-state index contributed by atoms with van der Waals surface area (Å²) in [5.74, 6) is 1.48. The van der Waals surface area contributed by atoms with Crippen molar-refractivity contribution in [1.29, 1.82) is 0 Å². The molecule has 2 N–H and O–H groups in total. The molecular weight excluding hydrogens is 276 g/mol. The number of nitrogens with zero attached hydrogens (tertiary/aromatic N) is 1. The Morgan fingerprint density at radius 2 is 1.85 bits per heavy atom. The largest absolute Gasteiger partial charge is 0.497 e. The molecule has 2 rings (SSSR count). The van der Waals surface area contributed by atoms with Gasteiger partial charge in [-0.2, -0.15) is 0 Å². The van der Waals surface area contributed by atoms with Crippen molar-refractivity contribution in [3.8, 4) is 5.75 Å². The van der Waals surface area contributed by atoms with Crippen molar-refractivity contribution in [2.75, 3.05) is 20.2 Å². The lowest BCUT2D eigenvalue weighted by Gasteiger charge is -2.33. The second kappa shape index (κ2) is 7.50. The second-order valence-corrected chi connectivity index (χ2v) is 5.16. The van der Waals surface area contributed by atoms with Gasteiger partial charge in [0.05, 0.1) is 13.2 Å². The molecule has 4 nitrogen and oxygen atoms in total. The molecule has 0 aliphatic carbocycles. The highest BCUT2D eigenvalue weighted by atomic mass is 35.5. The van der Waals surface area contributed by atoms with Crippen molar-refractivity contribution >= 4 is 18.3 Å². The fourth-order valence-corrected chi connectivity index (χ4v) is 2.60. The maximum Gasteiger partial charge on any atom is 0.239 e. The number of carbonyl (C=O) groups excluding carboxylic acids is 1. The number of ether oxygens (including phenoxy) is 1. The lowest BCUT2D eigenvalue weighted by atomic mass is 9.89. The molecule has 1 aliphatic rings. The Morgan fingerprint density at radius 1 is 1.30 bits per heavy atom. The molecule has 0 unspecified atom stereocenters. The van der Waals surface area contributed by atoms with E-state index in [-0.39, 0.29) is 18.3 Å². The number of hydrogen-bond donors (Lipinski definition) is 1. The lowest BCUT2D eigenvalue weighted by Crippen LogP contribution is -2.45. The summed E-state index contributed by atoms with van der Waals surface area (Å²) in [7, 11) is 1.67. The molecule has 1 heterocycles. The van der Waals surface area contributed by atoms with Gasteiger partial charge in [0.2, 0.25) is 5.91 Å². The first-order valence-electron chi connectivity index (χ1n) is 6.80. The zero-order valence-corrected chi connectivity index (χ0v) is 12.9. The van der Waals surface area contributed by atoms with E-state index in [1.54, 1.807) is 14.0 Å². The van der Waals surface area contributed by atoms with Crippen LogP contribution in [0.4, 0.5) is 0 Å². The number of amides is 1. The van der Waals surface area contributed by atoms with Gasteiger partial charge in [-0.1, -0.05) is 12.1 Å². The molecule has 20 heavy (non-hydrogen) atoms. The van der Waals surface area contributed by atoms with Crippen LogP contribution in [-0.2, 0) is 4.79 Å². The highest BCUT2D eigenvalue weighted by molar-refractivity contribution is 5.85. The van der Waals surface area contributed by atoms with Crippen LogP contribution in [0.5, 0.6) is 5.75 Å². The van der Waals surface area contributed by atoms with E-state index >= 15 is 0 Å². The van der Waals surface area contributed by atoms with Crippen molar-refractivity contribution in [2.45, 2.75) is 31.7 Å². The minimum absolute atomic E-state index is 0. The minimum atomic E-state index is -0.391. The Bertz CT molecular complexity index is 426. The summed E-state index contributed by atoms with van der Waals surface area (Å²) in [6.45, 7) is 3.35. The number of hydrogen-bond acceptors (Lipinski definition) is 3. The maximum absolute atomic E-state index is 11.8. The van der Waals surface area contributed by atoms with E-state index in [0.29, 0.717) is 5.92 Å². The number of halogens is 1. The van der Waals surface area contributed by atoms with Crippen LogP contribution in [0.3, 0.4) is 0 Å². The molecule has 0 bridgehead atoms. The van der Waals surface area contributed by atoms with Crippen LogP contribution in [0.1, 0.15) is 31.2 Å². The average Bonchev–Trinajstić information content (AvgIpc) is 2.46. The van der Waals surface area contributed by atoms with Crippen molar-refractivity contribution in [3.05, 3.63) is 29.8 Å². The molecule has 1 aromatic carbocycles. The number of methoxy groups -OCH3 is 1. The SMILES string of the molecule is COc1ccc(C2CCN(C(=O)[C@@H](C)N)CC2)cc1.Cl. The molecule has 0 spiro atoms. The third-order valence-electron chi connectivity index (χ3n) is 3.78. The molecule has 1 fully saturated rings. The molecule has 1 aliphatic heterocycles. The lowest BCUT2D eigenvalue weighted by molar-refractivity contribution is -0.133. The molecule has 0 aromatic heterocycles. The maximum atomic E-state index is 11.8. The second-order valence-electron chi connectivity index (χ2n) is 5.16. The van der Waals surface area contributed by atoms with Crippen LogP contribution in [0.25, 0.3) is 0 Å². The fourth-order valence-electron chi connectivity index (χ4n) is 2.60. The molecule has 5 heteroatoms. The molecule has 1 amide bonds. The van der Waals surface area contributed by atoms with Gasteiger partial charge >= 0.3 is 0 Å². The topological polar surface area (TPSA) is 55.6 Å². The van der Waals surface area contributed by atoms with Gasteiger partial charge in [-0.3, -0.25) is 4.79 Å². The standard InChI is InChI=1S/C15H22N2O2.ClH/c1-11(16)15(18)17-9-7-13(8-10-17)12-3-5-14(19-2)6-4-12;/h3-6,11,13H,7-10,16H2,1-2H3;1H/t11-;/m1./s1. The van der Waals surface area contributed by atoms with Crippen LogP contribution in [0, 0.1) is 0 Å². The Hall–Kier alpha value is -1.26. The number of carbonyl (C=O) groups is 1. The van der Waals surface area contributed by atoms with Gasteiger partial charge < -0.3 is 15.4 Å². The van der Waals surface area contributed by atoms with Crippen molar-refractivity contribution in [3.63, 3.8) is 0 Å². The Balaban J connectivity index is 0.00000200. The number of likely N-dealkylation sites (tertiary alicyclic amines) is 1. The average molecular weight is 299 g/mol. The van der Waals surface area contributed by atoms with Gasteiger partial charge in [-0.25, -0.2) is 0 Å². The van der Waals surface area contributed by atoms with Gasteiger partial charge in [0, 0.05) is 13.1 Å². The molecular formula is C15H23ClN2O2. The number of nitrogens with two attached hydrogens (primary N) is 1. The molecule has 1 saturated heterocycles. The summed E-state index contributed by atoms with van der Waals surface area (Å²) in [4.78, 5) is 13.7. The van der Waals surface area contributed by atoms with Gasteiger partial charge in [0.25, 0.3) is 0 Å².